The third-order valence-corrected chi connectivity index (χ3v) is 7.96. The summed E-state index contributed by atoms with van der Waals surface area (Å²) in [7, 11) is 4.15. The molecule has 0 aromatic heterocycles. The Bertz CT molecular complexity index is 568. The number of ether oxygens (including phenoxy) is 1. The van der Waals surface area contributed by atoms with Gasteiger partial charge in [0, 0.05) is 0 Å². The molecule has 1 aromatic rings. The van der Waals surface area contributed by atoms with E-state index < -0.39 is 5.60 Å². The zero-order valence-corrected chi connectivity index (χ0v) is 16.0. The van der Waals surface area contributed by atoms with Crippen LogP contribution in [0.5, 0.6) is 0 Å². The average molecular weight is 386 g/mol. The number of hydrogen-bond donors (Lipinski definition) is 0. The van der Waals surface area contributed by atoms with Crippen LogP contribution in [0.4, 0.5) is 0 Å². The topological polar surface area (TPSA) is 38.8 Å². The molecule has 0 aliphatic carbocycles. The van der Waals surface area contributed by atoms with Crippen molar-refractivity contribution in [3.8, 4) is 0 Å². The minimum absolute atomic E-state index is 0.108. The summed E-state index contributed by atoms with van der Waals surface area (Å²) in [5, 5.41) is 0.877. The molecule has 0 radical (unpaired) electrons. The first-order valence-corrected chi connectivity index (χ1v) is 9.95. The quantitative estimate of drug-likeness (QED) is 0.583. The number of nitrogens with zero attached hydrogens (tertiary/aromatic N) is 1. The van der Waals surface area contributed by atoms with E-state index in [1.807, 2.05) is 18.0 Å². The SMILES string of the molecule is CN1C(=O)[C@@H]2CC(OP)O[C@]2(C[Se]c2ccccc2)C1(C)C. The molecule has 0 saturated carbocycles. The molecule has 4 atom stereocenters. The maximum atomic E-state index is 12.7. The summed E-state index contributed by atoms with van der Waals surface area (Å²) >= 11 is 0.262. The van der Waals surface area contributed by atoms with E-state index in [1.165, 1.54) is 4.46 Å². The van der Waals surface area contributed by atoms with Gasteiger partial charge in [-0.1, -0.05) is 0 Å². The van der Waals surface area contributed by atoms with Crippen LogP contribution in [0, 0.1) is 5.92 Å². The van der Waals surface area contributed by atoms with Crippen molar-refractivity contribution >= 4 is 34.8 Å². The first-order chi connectivity index (χ1) is 10.4. The molecule has 2 unspecified atom stereocenters. The molecule has 0 N–H and O–H groups in total. The van der Waals surface area contributed by atoms with Gasteiger partial charge in [0.15, 0.2) is 0 Å². The fourth-order valence-electron chi connectivity index (χ4n) is 3.51. The Labute approximate surface area is 140 Å². The standard InChI is InChI=1S/C16H22NO3PSe/c1-15(2)16(10-22-11-7-5-4-6-8-11)12(14(18)17(15)3)9-13(19-16)20-21/h4-8,12-13H,9-10,21H2,1-3H3/t12-,13?,16-/m0/s1. The molecule has 22 heavy (non-hydrogen) atoms. The minimum atomic E-state index is -0.462. The monoisotopic (exact) mass is 387 g/mol. The van der Waals surface area contributed by atoms with Crippen LogP contribution in [0.25, 0.3) is 0 Å². The summed E-state index contributed by atoms with van der Waals surface area (Å²) in [6, 6.07) is 10.5. The molecular formula is C16H22NO3PSe. The van der Waals surface area contributed by atoms with E-state index in [0.717, 1.165) is 5.32 Å². The Morgan fingerprint density at radius 1 is 1.41 bits per heavy atom. The first-order valence-electron chi connectivity index (χ1n) is 7.41. The Kier molecular flexibility index (Phi) is 4.39. The molecule has 2 saturated heterocycles. The normalized spacial score (nSPS) is 33.3. The van der Waals surface area contributed by atoms with Crippen molar-refractivity contribution in [1.82, 2.24) is 4.90 Å². The van der Waals surface area contributed by atoms with E-state index in [9.17, 15) is 4.79 Å². The third-order valence-electron chi connectivity index (χ3n) is 5.18. The molecule has 4 nitrogen and oxygen atoms in total. The summed E-state index contributed by atoms with van der Waals surface area (Å²) < 4.78 is 13.0. The van der Waals surface area contributed by atoms with Crippen LogP contribution < -0.4 is 4.46 Å². The van der Waals surface area contributed by atoms with Gasteiger partial charge in [-0.3, -0.25) is 0 Å². The zero-order chi connectivity index (χ0) is 16.0. The molecule has 1 aromatic carbocycles. The fourth-order valence-corrected chi connectivity index (χ4v) is 6.52. The maximum absolute atomic E-state index is 12.7. The number of hydrogen-bond acceptors (Lipinski definition) is 3. The second-order valence-corrected chi connectivity index (χ2v) is 8.89. The zero-order valence-electron chi connectivity index (χ0n) is 13.1. The van der Waals surface area contributed by atoms with Gasteiger partial charge in [0.05, 0.1) is 0 Å². The van der Waals surface area contributed by atoms with Crippen molar-refractivity contribution in [3.05, 3.63) is 30.3 Å². The van der Waals surface area contributed by atoms with Crippen LogP contribution in [-0.4, -0.2) is 50.2 Å². The molecule has 2 heterocycles. The average Bonchev–Trinajstić information content (AvgIpc) is 2.97. The predicted molar refractivity (Wildman–Crippen MR) is 90.0 cm³/mol. The second kappa shape index (κ2) is 5.88. The number of likely N-dealkylation sites (N-methyl/N-ethyl adjacent to an activating group) is 1. The number of carbonyl (C=O) groups is 1. The molecule has 1 amide bonds. The Balaban J connectivity index is 1.90. The van der Waals surface area contributed by atoms with Gasteiger partial charge >= 0.3 is 140 Å². The fraction of sp³-hybridized carbons (Fsp3) is 0.562. The molecule has 2 aliphatic heterocycles. The number of amides is 1. The van der Waals surface area contributed by atoms with E-state index in [-0.39, 0.29) is 38.6 Å². The number of fused-ring (bicyclic) bond motifs is 1. The van der Waals surface area contributed by atoms with Crippen LogP contribution in [0.3, 0.4) is 0 Å². The molecule has 2 fully saturated rings. The molecule has 0 bridgehead atoms. The molecular weight excluding hydrogens is 364 g/mol. The predicted octanol–water partition coefficient (Wildman–Crippen LogP) is 1.59. The summed E-state index contributed by atoms with van der Waals surface area (Å²) in [6.45, 7) is 4.22. The van der Waals surface area contributed by atoms with Gasteiger partial charge in [-0.15, -0.1) is 0 Å². The Morgan fingerprint density at radius 3 is 2.73 bits per heavy atom. The van der Waals surface area contributed by atoms with Crippen LogP contribution in [-0.2, 0) is 14.1 Å². The van der Waals surface area contributed by atoms with Crippen molar-refractivity contribution in [1.29, 1.82) is 0 Å². The van der Waals surface area contributed by atoms with Crippen molar-refractivity contribution < 1.29 is 14.1 Å². The molecule has 0 spiro atoms. The molecule has 6 heteroatoms. The Hall–Kier alpha value is -0.441. The number of rotatable bonds is 4. The van der Waals surface area contributed by atoms with Crippen molar-refractivity contribution in [2.24, 2.45) is 5.92 Å². The molecule has 2 aliphatic rings. The van der Waals surface area contributed by atoms with Crippen LogP contribution >= 0.6 is 9.47 Å². The summed E-state index contributed by atoms with van der Waals surface area (Å²) in [5.74, 6) is 0.0713. The summed E-state index contributed by atoms with van der Waals surface area (Å²) in [6.07, 6.45) is 0.333. The van der Waals surface area contributed by atoms with Crippen molar-refractivity contribution in [3.63, 3.8) is 0 Å². The summed E-state index contributed by atoms with van der Waals surface area (Å²) in [4.78, 5) is 14.5. The van der Waals surface area contributed by atoms with Gasteiger partial charge in [-0.2, -0.15) is 0 Å². The van der Waals surface area contributed by atoms with Gasteiger partial charge in [-0.05, 0) is 0 Å². The van der Waals surface area contributed by atoms with Gasteiger partial charge in [0.25, 0.3) is 0 Å². The summed E-state index contributed by atoms with van der Waals surface area (Å²) in [5.41, 5.74) is -0.793. The van der Waals surface area contributed by atoms with Gasteiger partial charge < -0.3 is 0 Å². The molecule has 3 rings (SSSR count). The van der Waals surface area contributed by atoms with Crippen LogP contribution in [0.1, 0.15) is 20.3 Å². The van der Waals surface area contributed by atoms with E-state index in [4.69, 9.17) is 9.26 Å². The van der Waals surface area contributed by atoms with Crippen molar-refractivity contribution in [2.45, 2.75) is 43.0 Å². The third kappa shape index (κ3) is 2.35. The molecule has 120 valence electrons. The Morgan fingerprint density at radius 2 is 2.09 bits per heavy atom. The van der Waals surface area contributed by atoms with Gasteiger partial charge in [-0.25, -0.2) is 0 Å². The van der Waals surface area contributed by atoms with Crippen LogP contribution in [0.2, 0.25) is 5.32 Å². The number of likely N-dealkylation sites (tertiary alicyclic amines) is 1. The number of carbonyl (C=O) groups excluding carboxylic acids is 1. The second-order valence-electron chi connectivity index (χ2n) is 6.42. The van der Waals surface area contributed by atoms with Gasteiger partial charge in [0.1, 0.15) is 0 Å². The van der Waals surface area contributed by atoms with E-state index in [2.05, 4.69) is 47.6 Å². The van der Waals surface area contributed by atoms with E-state index in [1.54, 1.807) is 0 Å². The van der Waals surface area contributed by atoms with E-state index in [0.29, 0.717) is 6.42 Å². The van der Waals surface area contributed by atoms with Gasteiger partial charge in [0.2, 0.25) is 0 Å². The number of benzene rings is 1. The van der Waals surface area contributed by atoms with Crippen LogP contribution in [0.15, 0.2) is 30.3 Å². The first kappa shape index (κ1) is 16.4. The van der Waals surface area contributed by atoms with Crippen molar-refractivity contribution in [2.75, 3.05) is 7.05 Å². The van der Waals surface area contributed by atoms with E-state index >= 15 is 0 Å².